The zero-order valence-corrected chi connectivity index (χ0v) is 10.9. The van der Waals surface area contributed by atoms with E-state index in [1.54, 1.807) is 0 Å². The van der Waals surface area contributed by atoms with Gasteiger partial charge in [-0.3, -0.25) is 4.79 Å². The van der Waals surface area contributed by atoms with Gasteiger partial charge in [0.2, 0.25) is 5.91 Å². The highest BCUT2D eigenvalue weighted by molar-refractivity contribution is 5.96. The van der Waals surface area contributed by atoms with E-state index in [1.807, 2.05) is 49.1 Å². The van der Waals surface area contributed by atoms with E-state index in [9.17, 15) is 4.79 Å². The molecule has 0 bridgehead atoms. The van der Waals surface area contributed by atoms with Crippen molar-refractivity contribution in [3.63, 3.8) is 0 Å². The highest BCUT2D eigenvalue weighted by Gasteiger charge is 2.28. The molecule has 2 rings (SSSR count). The summed E-state index contributed by atoms with van der Waals surface area (Å²) in [5.41, 5.74) is 0.931. The van der Waals surface area contributed by atoms with Gasteiger partial charge in [0.15, 0.2) is 0 Å². The van der Waals surface area contributed by atoms with Gasteiger partial charge in [-0.2, -0.15) is 0 Å². The first-order valence-corrected chi connectivity index (χ1v) is 6.30. The maximum Gasteiger partial charge on any atom is 0.227 e. The molecule has 1 saturated heterocycles. The lowest BCUT2D eigenvalue weighted by Crippen LogP contribution is -2.24. The maximum atomic E-state index is 11.9. The summed E-state index contributed by atoms with van der Waals surface area (Å²) in [6.45, 7) is 8.47. The van der Waals surface area contributed by atoms with Gasteiger partial charge >= 0.3 is 0 Å². The second kappa shape index (κ2) is 5.25. The molecule has 0 spiro atoms. The van der Waals surface area contributed by atoms with Crippen molar-refractivity contribution < 1.29 is 9.53 Å². The monoisotopic (exact) mass is 245 g/mol. The Labute approximate surface area is 108 Å². The van der Waals surface area contributed by atoms with E-state index in [0.29, 0.717) is 6.42 Å². The summed E-state index contributed by atoms with van der Waals surface area (Å²) in [5, 5.41) is 0. The average Bonchev–Trinajstić information content (AvgIpc) is 2.71. The molecule has 0 aromatic heterocycles. The molecule has 0 N–H and O–H groups in total. The molecule has 3 heteroatoms. The molecule has 1 fully saturated rings. The van der Waals surface area contributed by atoms with Gasteiger partial charge in [0, 0.05) is 24.6 Å². The van der Waals surface area contributed by atoms with E-state index < -0.39 is 0 Å². The van der Waals surface area contributed by atoms with Gasteiger partial charge < -0.3 is 9.64 Å². The molecule has 0 aliphatic carbocycles. The van der Waals surface area contributed by atoms with Crippen molar-refractivity contribution in [2.24, 2.45) is 5.92 Å². The standard InChI is InChI=1S/C15H19NO2/c1-4-12-9-15(17)16(10-12)13-5-7-14(8-6-13)18-11(2)3/h4-8,11-12H,1,9-10H2,2-3H3. The number of hydrogen-bond acceptors (Lipinski definition) is 2. The molecule has 3 nitrogen and oxygen atoms in total. The smallest absolute Gasteiger partial charge is 0.227 e. The molecular weight excluding hydrogens is 226 g/mol. The van der Waals surface area contributed by atoms with E-state index in [4.69, 9.17) is 4.74 Å². The van der Waals surface area contributed by atoms with E-state index in [2.05, 4.69) is 6.58 Å². The van der Waals surface area contributed by atoms with Crippen molar-refractivity contribution in [1.29, 1.82) is 0 Å². The normalized spacial score (nSPS) is 19.4. The molecule has 1 aromatic rings. The first-order chi connectivity index (χ1) is 8.60. The highest BCUT2D eigenvalue weighted by atomic mass is 16.5. The van der Waals surface area contributed by atoms with E-state index in [-0.39, 0.29) is 17.9 Å². The van der Waals surface area contributed by atoms with Gasteiger partial charge in [0.1, 0.15) is 5.75 Å². The molecule has 96 valence electrons. The summed E-state index contributed by atoms with van der Waals surface area (Å²) in [4.78, 5) is 13.7. The number of rotatable bonds is 4. The molecule has 1 aromatic carbocycles. The number of anilines is 1. The SMILES string of the molecule is C=CC1CC(=O)N(c2ccc(OC(C)C)cc2)C1. The number of carbonyl (C=O) groups excluding carboxylic acids is 1. The Morgan fingerprint density at radius 1 is 1.39 bits per heavy atom. The number of amides is 1. The van der Waals surface area contributed by atoms with Crippen LogP contribution in [0.15, 0.2) is 36.9 Å². The predicted molar refractivity (Wildman–Crippen MR) is 72.9 cm³/mol. The molecule has 1 aliphatic heterocycles. The van der Waals surface area contributed by atoms with Crippen molar-refractivity contribution in [2.75, 3.05) is 11.4 Å². The second-order valence-corrected chi connectivity index (χ2v) is 4.86. The summed E-state index contributed by atoms with van der Waals surface area (Å²) < 4.78 is 5.58. The summed E-state index contributed by atoms with van der Waals surface area (Å²) in [5.74, 6) is 1.27. The Bertz CT molecular complexity index is 436. The third kappa shape index (κ3) is 2.73. The van der Waals surface area contributed by atoms with Crippen LogP contribution >= 0.6 is 0 Å². The van der Waals surface area contributed by atoms with Gasteiger partial charge in [-0.1, -0.05) is 6.08 Å². The highest BCUT2D eigenvalue weighted by Crippen LogP contribution is 2.27. The van der Waals surface area contributed by atoms with Gasteiger partial charge in [0.05, 0.1) is 6.10 Å². The first-order valence-electron chi connectivity index (χ1n) is 6.30. The lowest BCUT2D eigenvalue weighted by Gasteiger charge is -2.17. The Morgan fingerprint density at radius 2 is 2.06 bits per heavy atom. The van der Waals surface area contributed by atoms with E-state index >= 15 is 0 Å². The third-order valence-corrected chi connectivity index (χ3v) is 3.01. The van der Waals surface area contributed by atoms with Crippen LogP contribution in [0.1, 0.15) is 20.3 Å². The number of benzene rings is 1. The van der Waals surface area contributed by atoms with Crippen LogP contribution in [0.5, 0.6) is 5.75 Å². The fraction of sp³-hybridized carbons (Fsp3) is 0.400. The second-order valence-electron chi connectivity index (χ2n) is 4.86. The van der Waals surface area contributed by atoms with Crippen molar-refractivity contribution >= 4 is 11.6 Å². The fourth-order valence-corrected chi connectivity index (χ4v) is 2.12. The largest absolute Gasteiger partial charge is 0.491 e. The predicted octanol–water partition coefficient (Wildman–Crippen LogP) is 3.01. The van der Waals surface area contributed by atoms with Crippen LogP contribution in [0.2, 0.25) is 0 Å². The van der Waals surface area contributed by atoms with Crippen LogP contribution in [-0.4, -0.2) is 18.6 Å². The van der Waals surface area contributed by atoms with Crippen LogP contribution in [0, 0.1) is 5.92 Å². The van der Waals surface area contributed by atoms with Gasteiger partial charge in [-0.25, -0.2) is 0 Å². The van der Waals surface area contributed by atoms with Crippen LogP contribution in [0.25, 0.3) is 0 Å². The van der Waals surface area contributed by atoms with Crippen molar-refractivity contribution in [3.05, 3.63) is 36.9 Å². The van der Waals surface area contributed by atoms with Gasteiger partial charge in [0.25, 0.3) is 0 Å². The van der Waals surface area contributed by atoms with Gasteiger partial charge in [-0.05, 0) is 38.1 Å². The van der Waals surface area contributed by atoms with Crippen LogP contribution in [0.3, 0.4) is 0 Å². The van der Waals surface area contributed by atoms with Crippen molar-refractivity contribution in [3.8, 4) is 5.75 Å². The van der Waals surface area contributed by atoms with Crippen LogP contribution < -0.4 is 9.64 Å². The van der Waals surface area contributed by atoms with E-state index in [0.717, 1.165) is 18.0 Å². The first kappa shape index (κ1) is 12.7. The Kier molecular flexibility index (Phi) is 3.70. The minimum absolute atomic E-state index is 0.161. The lowest BCUT2D eigenvalue weighted by molar-refractivity contribution is -0.117. The minimum Gasteiger partial charge on any atom is -0.491 e. The summed E-state index contributed by atoms with van der Waals surface area (Å²) in [7, 11) is 0. The third-order valence-electron chi connectivity index (χ3n) is 3.01. The molecule has 1 atom stereocenters. The zero-order valence-electron chi connectivity index (χ0n) is 10.9. The summed E-state index contributed by atoms with van der Waals surface area (Å²) >= 11 is 0. The molecule has 1 aliphatic rings. The molecule has 1 amide bonds. The quantitative estimate of drug-likeness (QED) is 0.763. The zero-order chi connectivity index (χ0) is 13.1. The summed E-state index contributed by atoms with van der Waals surface area (Å²) in [6, 6.07) is 7.68. The number of ether oxygens (including phenoxy) is 1. The molecular formula is C15H19NO2. The van der Waals surface area contributed by atoms with Gasteiger partial charge in [-0.15, -0.1) is 6.58 Å². The minimum atomic E-state index is 0.161. The molecule has 1 unspecified atom stereocenters. The molecule has 0 saturated carbocycles. The van der Waals surface area contributed by atoms with Crippen molar-refractivity contribution in [2.45, 2.75) is 26.4 Å². The Hall–Kier alpha value is -1.77. The van der Waals surface area contributed by atoms with Crippen molar-refractivity contribution in [1.82, 2.24) is 0 Å². The lowest BCUT2D eigenvalue weighted by atomic mass is 10.1. The number of nitrogens with zero attached hydrogens (tertiary/aromatic N) is 1. The fourth-order valence-electron chi connectivity index (χ4n) is 2.12. The number of carbonyl (C=O) groups is 1. The van der Waals surface area contributed by atoms with E-state index in [1.165, 1.54) is 0 Å². The van der Waals surface area contributed by atoms with Crippen LogP contribution in [-0.2, 0) is 4.79 Å². The topological polar surface area (TPSA) is 29.5 Å². The Morgan fingerprint density at radius 3 is 2.56 bits per heavy atom. The van der Waals surface area contributed by atoms with Crippen LogP contribution in [0.4, 0.5) is 5.69 Å². The summed E-state index contributed by atoms with van der Waals surface area (Å²) in [6.07, 6.45) is 2.58. The molecule has 18 heavy (non-hydrogen) atoms. The average molecular weight is 245 g/mol. The Balaban J connectivity index is 2.10. The number of hydrogen-bond donors (Lipinski definition) is 0. The maximum absolute atomic E-state index is 11.9. The molecule has 0 radical (unpaired) electrons. The molecule has 1 heterocycles.